The van der Waals surface area contributed by atoms with Crippen molar-refractivity contribution in [3.05, 3.63) is 39.8 Å². The summed E-state index contributed by atoms with van der Waals surface area (Å²) in [4.78, 5) is 18.5. The van der Waals surface area contributed by atoms with Gasteiger partial charge in [-0.25, -0.2) is 9.78 Å². The highest BCUT2D eigenvalue weighted by Gasteiger charge is 2.15. The number of hydrogen-bond acceptors (Lipinski definition) is 5. The summed E-state index contributed by atoms with van der Waals surface area (Å²) in [5.74, 6) is -0.977. The Morgan fingerprint density at radius 3 is 2.84 bits per heavy atom. The number of aromatic carboxylic acids is 1. The van der Waals surface area contributed by atoms with E-state index >= 15 is 0 Å². The van der Waals surface area contributed by atoms with Gasteiger partial charge in [-0.2, -0.15) is 0 Å². The van der Waals surface area contributed by atoms with Crippen molar-refractivity contribution in [1.29, 1.82) is 0 Å². The van der Waals surface area contributed by atoms with E-state index in [1.807, 2.05) is 18.9 Å². The van der Waals surface area contributed by atoms with Crippen molar-refractivity contribution in [1.82, 2.24) is 4.98 Å². The molecule has 1 heterocycles. The van der Waals surface area contributed by atoms with E-state index in [0.29, 0.717) is 17.9 Å². The zero-order valence-corrected chi connectivity index (χ0v) is 11.6. The van der Waals surface area contributed by atoms with Crippen LogP contribution < -0.4 is 10.6 Å². The maximum Gasteiger partial charge on any atom is 0.337 e. The Morgan fingerprint density at radius 2 is 2.26 bits per heavy atom. The minimum atomic E-state index is -0.977. The Hall–Kier alpha value is -2.08. The van der Waals surface area contributed by atoms with Gasteiger partial charge in [0, 0.05) is 17.6 Å². The van der Waals surface area contributed by atoms with Crippen LogP contribution in [0, 0.1) is 6.92 Å². The number of carboxylic acids is 1. The van der Waals surface area contributed by atoms with E-state index in [4.69, 9.17) is 5.73 Å². The van der Waals surface area contributed by atoms with E-state index in [0.717, 1.165) is 10.6 Å². The molecule has 0 amide bonds. The second-order valence-electron chi connectivity index (χ2n) is 4.30. The molecule has 2 rings (SSSR count). The zero-order chi connectivity index (χ0) is 14.0. The smallest absolute Gasteiger partial charge is 0.337 e. The fourth-order valence-corrected chi connectivity index (χ4v) is 2.67. The molecule has 100 valence electrons. The summed E-state index contributed by atoms with van der Waals surface area (Å²) in [5, 5.41) is 9.23. The third-order valence-corrected chi connectivity index (χ3v) is 3.81. The Labute approximate surface area is 115 Å². The molecule has 0 aliphatic carbocycles. The maximum absolute atomic E-state index is 11.3. The number of hydrogen-bond donors (Lipinski definition) is 2. The first-order chi connectivity index (χ1) is 8.99. The lowest BCUT2D eigenvalue weighted by atomic mass is 10.1. The molecule has 0 unspecified atom stereocenters. The molecule has 6 heteroatoms. The molecule has 5 nitrogen and oxygen atoms in total. The number of benzene rings is 1. The monoisotopic (exact) mass is 277 g/mol. The predicted molar refractivity (Wildman–Crippen MR) is 76.8 cm³/mol. The van der Waals surface area contributed by atoms with Gasteiger partial charge in [-0.3, -0.25) is 0 Å². The highest BCUT2D eigenvalue weighted by molar-refractivity contribution is 7.09. The number of aromatic nitrogens is 1. The van der Waals surface area contributed by atoms with Crippen LogP contribution in [0.15, 0.2) is 23.7 Å². The van der Waals surface area contributed by atoms with Gasteiger partial charge in [-0.15, -0.1) is 11.3 Å². The van der Waals surface area contributed by atoms with E-state index in [1.165, 1.54) is 6.07 Å². The van der Waals surface area contributed by atoms with Gasteiger partial charge < -0.3 is 15.7 Å². The number of nitrogens with two attached hydrogens (primary N) is 1. The molecule has 0 radical (unpaired) electrons. The number of thiazole rings is 1. The van der Waals surface area contributed by atoms with Gasteiger partial charge in [-0.05, 0) is 25.1 Å². The number of anilines is 2. The topological polar surface area (TPSA) is 79.5 Å². The van der Waals surface area contributed by atoms with Gasteiger partial charge in [-0.1, -0.05) is 0 Å². The lowest BCUT2D eigenvalue weighted by Gasteiger charge is -2.21. The van der Waals surface area contributed by atoms with Crippen LogP contribution in [0.3, 0.4) is 0 Å². The summed E-state index contributed by atoms with van der Waals surface area (Å²) in [5.41, 5.74) is 9.71. The molecule has 0 fully saturated rings. The lowest BCUT2D eigenvalue weighted by Crippen LogP contribution is -2.19. The average Bonchev–Trinajstić information content (AvgIpc) is 2.74. The normalized spacial score (nSPS) is 10.4. The molecule has 0 atom stereocenters. The third-order valence-electron chi connectivity index (χ3n) is 2.89. The van der Waals surface area contributed by atoms with Crippen molar-refractivity contribution in [2.45, 2.75) is 13.5 Å². The SMILES string of the molecule is Cc1ncsc1CN(C)c1ccc(N)cc1C(=O)O. The van der Waals surface area contributed by atoms with Gasteiger partial charge in [0.15, 0.2) is 0 Å². The number of aryl methyl sites for hydroxylation is 1. The van der Waals surface area contributed by atoms with Crippen LogP contribution in [0.2, 0.25) is 0 Å². The van der Waals surface area contributed by atoms with Crippen LogP contribution in [-0.4, -0.2) is 23.1 Å². The zero-order valence-electron chi connectivity index (χ0n) is 10.8. The van der Waals surface area contributed by atoms with Crippen molar-refractivity contribution in [3.63, 3.8) is 0 Å². The van der Waals surface area contributed by atoms with Gasteiger partial charge in [0.2, 0.25) is 0 Å². The highest BCUT2D eigenvalue weighted by Crippen LogP contribution is 2.25. The first-order valence-electron chi connectivity index (χ1n) is 5.72. The highest BCUT2D eigenvalue weighted by atomic mass is 32.1. The van der Waals surface area contributed by atoms with E-state index in [2.05, 4.69) is 4.98 Å². The quantitative estimate of drug-likeness (QED) is 0.839. The van der Waals surface area contributed by atoms with Crippen LogP contribution in [0.1, 0.15) is 20.9 Å². The Kier molecular flexibility index (Phi) is 3.71. The van der Waals surface area contributed by atoms with Gasteiger partial charge in [0.1, 0.15) is 0 Å². The molecule has 0 bridgehead atoms. The van der Waals surface area contributed by atoms with Crippen LogP contribution in [0.4, 0.5) is 11.4 Å². The molecule has 19 heavy (non-hydrogen) atoms. The summed E-state index contributed by atoms with van der Waals surface area (Å²) < 4.78 is 0. The summed E-state index contributed by atoms with van der Waals surface area (Å²) >= 11 is 1.57. The van der Waals surface area contributed by atoms with Crippen molar-refractivity contribution in [2.75, 3.05) is 17.7 Å². The third kappa shape index (κ3) is 2.85. The fraction of sp³-hybridized carbons (Fsp3) is 0.231. The van der Waals surface area contributed by atoms with E-state index in [-0.39, 0.29) is 5.56 Å². The number of nitrogens with zero attached hydrogens (tertiary/aromatic N) is 2. The summed E-state index contributed by atoms with van der Waals surface area (Å²) in [6.07, 6.45) is 0. The number of rotatable bonds is 4. The number of carbonyl (C=O) groups is 1. The molecule has 0 saturated heterocycles. The lowest BCUT2D eigenvalue weighted by molar-refractivity contribution is 0.0697. The molecule has 0 saturated carbocycles. The molecular weight excluding hydrogens is 262 g/mol. The summed E-state index contributed by atoms with van der Waals surface area (Å²) in [6, 6.07) is 4.92. The Morgan fingerprint density at radius 1 is 1.53 bits per heavy atom. The van der Waals surface area contributed by atoms with Crippen molar-refractivity contribution in [3.8, 4) is 0 Å². The van der Waals surface area contributed by atoms with E-state index in [1.54, 1.807) is 29.0 Å². The second kappa shape index (κ2) is 5.27. The minimum absolute atomic E-state index is 0.213. The molecule has 3 N–H and O–H groups in total. The van der Waals surface area contributed by atoms with Crippen molar-refractivity contribution < 1.29 is 9.90 Å². The molecule has 1 aromatic carbocycles. The van der Waals surface area contributed by atoms with E-state index < -0.39 is 5.97 Å². The van der Waals surface area contributed by atoms with Crippen LogP contribution >= 0.6 is 11.3 Å². The summed E-state index contributed by atoms with van der Waals surface area (Å²) in [6.45, 7) is 2.57. The largest absolute Gasteiger partial charge is 0.478 e. The van der Waals surface area contributed by atoms with Crippen LogP contribution in [0.5, 0.6) is 0 Å². The Bertz CT molecular complexity index is 610. The van der Waals surface area contributed by atoms with Crippen molar-refractivity contribution >= 4 is 28.7 Å². The molecular formula is C13H15N3O2S. The number of nitrogen functional groups attached to an aromatic ring is 1. The van der Waals surface area contributed by atoms with Crippen LogP contribution in [0.25, 0.3) is 0 Å². The van der Waals surface area contributed by atoms with Crippen LogP contribution in [-0.2, 0) is 6.54 Å². The predicted octanol–water partition coefficient (Wildman–Crippen LogP) is 2.37. The first-order valence-corrected chi connectivity index (χ1v) is 6.60. The number of carboxylic acid groups (broad SMARTS) is 1. The van der Waals surface area contributed by atoms with E-state index in [9.17, 15) is 9.90 Å². The average molecular weight is 277 g/mol. The molecule has 2 aromatic rings. The van der Waals surface area contributed by atoms with Gasteiger partial charge in [0.05, 0.1) is 29.0 Å². The molecule has 0 aliphatic heterocycles. The maximum atomic E-state index is 11.3. The Balaban J connectivity index is 2.31. The molecule has 0 aliphatic rings. The standard InChI is InChI=1S/C13H15N3O2S/c1-8-12(19-7-15-8)6-16(2)11-4-3-9(14)5-10(11)13(17)18/h3-5,7H,6,14H2,1-2H3,(H,17,18). The van der Waals surface area contributed by atoms with Crippen molar-refractivity contribution in [2.24, 2.45) is 0 Å². The fourth-order valence-electron chi connectivity index (χ4n) is 1.84. The second-order valence-corrected chi connectivity index (χ2v) is 5.24. The minimum Gasteiger partial charge on any atom is -0.478 e. The van der Waals surface area contributed by atoms with Gasteiger partial charge in [0.25, 0.3) is 0 Å². The van der Waals surface area contributed by atoms with Gasteiger partial charge >= 0.3 is 5.97 Å². The molecule has 0 spiro atoms. The molecule has 1 aromatic heterocycles. The summed E-state index contributed by atoms with van der Waals surface area (Å²) in [7, 11) is 1.86. The first kappa shape index (κ1) is 13.4.